The molecule has 0 spiro atoms. The number of carbonyl (C=O) groups is 5. The first-order valence-corrected chi connectivity index (χ1v) is 24.2. The Morgan fingerprint density at radius 3 is 2.25 bits per heavy atom. The molecule has 1 saturated carbocycles. The quantitative estimate of drug-likeness (QED) is 0.155. The minimum atomic E-state index is -1.43. The van der Waals surface area contributed by atoms with Crippen molar-refractivity contribution in [2.45, 2.75) is 187 Å². The van der Waals surface area contributed by atoms with E-state index in [1.807, 2.05) is 65.0 Å². The number of carbonyl (C=O) groups excluding carboxylic acids is 5. The maximum atomic E-state index is 14.4. The van der Waals surface area contributed by atoms with Gasteiger partial charge in [-0.3, -0.25) is 19.2 Å². The zero-order valence-electron chi connectivity index (χ0n) is 41.2. The van der Waals surface area contributed by atoms with Gasteiger partial charge in [0, 0.05) is 52.6 Å². The standard InChI is InChI=1S/C52H81NO12/c1-31-17-13-12-14-18-32(2)43(61-9)29-39-22-20-37(7)52(8,65-39)49(58)50(59)53-24-16-15-19-40(53)51(60)64-44(34(4)27-38-21-23-41(54)45(28-38)62-10)30-42(55)33(3)26-36(6)47(57)48(63-11)46(56)35(5)25-31/h12-14,17-18,26,31,33-35,37-41,43-45,47-48,54,57H,15-16,19-25,27-30H2,1-11H3/b14-12?,17-13+,32-18?,36-26+/t31-,33-,34-,35-,37-,38+,39+,40+,41-,43+,44+,45-,47-,48+,52-/m1/s1. The van der Waals surface area contributed by atoms with Gasteiger partial charge in [0.2, 0.25) is 0 Å². The Morgan fingerprint density at radius 2 is 1.57 bits per heavy atom. The topological polar surface area (TPSA) is 175 Å². The maximum Gasteiger partial charge on any atom is 0.329 e. The fraction of sp³-hybridized carbons (Fsp3) is 0.750. The molecule has 65 heavy (non-hydrogen) atoms. The summed E-state index contributed by atoms with van der Waals surface area (Å²) in [6.07, 6.45) is 12.9. The minimum absolute atomic E-state index is 0.0430. The molecule has 15 atom stereocenters. The number of nitrogens with zero attached hydrogens (tertiary/aromatic N) is 1. The van der Waals surface area contributed by atoms with Crippen LogP contribution in [0.15, 0.2) is 47.6 Å². The predicted octanol–water partition coefficient (Wildman–Crippen LogP) is 7.25. The average molecular weight is 912 g/mol. The third-order valence-electron chi connectivity index (χ3n) is 14.9. The van der Waals surface area contributed by atoms with Crippen molar-refractivity contribution in [3.8, 4) is 0 Å². The highest BCUT2D eigenvalue weighted by Gasteiger charge is 2.51. The molecule has 4 aliphatic rings. The largest absolute Gasteiger partial charge is 0.460 e. The van der Waals surface area contributed by atoms with E-state index in [-0.39, 0.29) is 66.5 Å². The van der Waals surface area contributed by atoms with Gasteiger partial charge in [-0.1, -0.05) is 71.1 Å². The van der Waals surface area contributed by atoms with Crippen molar-refractivity contribution >= 4 is 29.2 Å². The van der Waals surface area contributed by atoms with Crippen LogP contribution in [0.3, 0.4) is 0 Å². The van der Waals surface area contributed by atoms with Crippen molar-refractivity contribution in [2.75, 3.05) is 27.9 Å². The molecule has 3 aliphatic heterocycles. The second kappa shape index (κ2) is 25.2. The van der Waals surface area contributed by atoms with Gasteiger partial charge < -0.3 is 38.8 Å². The van der Waals surface area contributed by atoms with Crippen LogP contribution in [0, 0.1) is 35.5 Å². The molecule has 0 unspecified atom stereocenters. The fourth-order valence-corrected chi connectivity index (χ4v) is 10.3. The summed E-state index contributed by atoms with van der Waals surface area (Å²) >= 11 is 0. The molecule has 0 aromatic heterocycles. The Bertz CT molecular complexity index is 1750. The number of hydrogen-bond donors (Lipinski definition) is 2. The molecular weight excluding hydrogens is 831 g/mol. The zero-order chi connectivity index (χ0) is 48.2. The minimum Gasteiger partial charge on any atom is -0.460 e. The van der Waals surface area contributed by atoms with Crippen LogP contribution in [0.25, 0.3) is 0 Å². The number of aliphatic hydroxyl groups excluding tert-OH is 2. The van der Waals surface area contributed by atoms with Crippen molar-refractivity contribution < 1.29 is 57.9 Å². The van der Waals surface area contributed by atoms with E-state index < -0.39 is 65.6 Å². The molecular formula is C52H81NO12. The van der Waals surface area contributed by atoms with E-state index in [0.717, 1.165) is 12.0 Å². The van der Waals surface area contributed by atoms with E-state index >= 15 is 0 Å². The highest BCUT2D eigenvalue weighted by molar-refractivity contribution is 6.39. The second-order valence-corrected chi connectivity index (χ2v) is 20.0. The van der Waals surface area contributed by atoms with Gasteiger partial charge in [0.1, 0.15) is 35.7 Å². The van der Waals surface area contributed by atoms with E-state index in [1.54, 1.807) is 41.1 Å². The molecule has 13 nitrogen and oxygen atoms in total. The molecule has 366 valence electrons. The van der Waals surface area contributed by atoms with Crippen molar-refractivity contribution in [3.05, 3.63) is 47.6 Å². The summed E-state index contributed by atoms with van der Waals surface area (Å²) in [6, 6.07) is -1.03. The lowest BCUT2D eigenvalue weighted by Gasteiger charge is -2.44. The first-order chi connectivity index (χ1) is 30.7. The van der Waals surface area contributed by atoms with Gasteiger partial charge in [-0.2, -0.15) is 0 Å². The molecule has 3 heterocycles. The predicted molar refractivity (Wildman–Crippen MR) is 249 cm³/mol. The number of ketones is 3. The SMILES string of the molecule is CO[C@H]1C[C@@H]2CC[C@@H](C)[C@@](C)(O2)C(=O)C(=O)N2CCCC[C@H]2C(=O)O[C@H]([C@H](C)C[C@@H]2CC[C@@H](O)[C@H](OC)C2)CC(=O)[C@H](C)/C=C(\C)[C@@H](O)[C@@H](OC)C(=O)[C@H](C)C[C@H](C)/C=C/C=CC=C1C. The van der Waals surface area contributed by atoms with Gasteiger partial charge in [-0.05, 0) is 120 Å². The van der Waals surface area contributed by atoms with Gasteiger partial charge in [0.15, 0.2) is 5.78 Å². The Kier molecular flexibility index (Phi) is 21.0. The number of piperidine rings is 1. The molecule has 2 bridgehead atoms. The van der Waals surface area contributed by atoms with Gasteiger partial charge >= 0.3 is 5.97 Å². The molecule has 0 aromatic carbocycles. The summed E-state index contributed by atoms with van der Waals surface area (Å²) in [4.78, 5) is 72.4. The molecule has 0 aromatic rings. The van der Waals surface area contributed by atoms with E-state index in [1.165, 1.54) is 12.0 Å². The van der Waals surface area contributed by atoms with Crippen molar-refractivity contribution in [3.63, 3.8) is 0 Å². The van der Waals surface area contributed by atoms with E-state index in [2.05, 4.69) is 0 Å². The van der Waals surface area contributed by atoms with Crippen LogP contribution in [0.5, 0.6) is 0 Å². The molecule has 13 heteroatoms. The summed E-state index contributed by atoms with van der Waals surface area (Å²) in [5, 5.41) is 21.9. The number of fused-ring (bicyclic) bond motifs is 3. The number of cyclic esters (lactones) is 1. The molecule has 3 fully saturated rings. The lowest BCUT2D eigenvalue weighted by molar-refractivity contribution is -0.184. The van der Waals surface area contributed by atoms with Crippen LogP contribution in [0.2, 0.25) is 0 Å². The van der Waals surface area contributed by atoms with Crippen molar-refractivity contribution in [1.29, 1.82) is 0 Å². The number of Topliss-reactive ketones (excluding diaryl/α,β-unsaturated/α-hetero) is 3. The number of ether oxygens (including phenoxy) is 5. The second-order valence-electron chi connectivity index (χ2n) is 20.0. The highest BCUT2D eigenvalue weighted by atomic mass is 16.5. The molecule has 2 N–H and O–H groups in total. The Hall–Kier alpha value is -3.33. The number of aliphatic hydroxyl groups is 2. The molecule has 4 rings (SSSR count). The number of allylic oxidation sites excluding steroid dienone is 6. The smallest absolute Gasteiger partial charge is 0.329 e. The third kappa shape index (κ3) is 14.3. The van der Waals surface area contributed by atoms with Crippen molar-refractivity contribution in [1.82, 2.24) is 4.90 Å². The van der Waals surface area contributed by atoms with Gasteiger partial charge in [0.05, 0.1) is 24.4 Å². The number of methoxy groups -OCH3 is 3. The summed E-state index contributed by atoms with van der Waals surface area (Å²) in [6.45, 7) is 15.0. The molecule has 2 saturated heterocycles. The van der Waals surface area contributed by atoms with Crippen LogP contribution in [-0.4, -0.2) is 127 Å². The van der Waals surface area contributed by atoms with E-state index in [0.29, 0.717) is 69.8 Å². The lowest BCUT2D eigenvalue weighted by atomic mass is 9.78. The van der Waals surface area contributed by atoms with Crippen LogP contribution in [-0.2, 0) is 47.7 Å². The van der Waals surface area contributed by atoms with Gasteiger partial charge in [-0.15, -0.1) is 0 Å². The summed E-state index contributed by atoms with van der Waals surface area (Å²) in [5.41, 5.74) is -0.0596. The van der Waals surface area contributed by atoms with Crippen LogP contribution in [0.4, 0.5) is 0 Å². The third-order valence-corrected chi connectivity index (χ3v) is 14.9. The number of amides is 1. The first-order valence-electron chi connectivity index (χ1n) is 24.2. The Morgan fingerprint density at radius 1 is 0.846 bits per heavy atom. The Labute approximate surface area is 388 Å². The summed E-state index contributed by atoms with van der Waals surface area (Å²) in [5.74, 6) is -4.13. The lowest BCUT2D eigenvalue weighted by Crippen LogP contribution is -2.59. The summed E-state index contributed by atoms with van der Waals surface area (Å²) < 4.78 is 30.0. The van der Waals surface area contributed by atoms with E-state index in [4.69, 9.17) is 23.7 Å². The van der Waals surface area contributed by atoms with Crippen LogP contribution < -0.4 is 0 Å². The van der Waals surface area contributed by atoms with Crippen LogP contribution in [0.1, 0.15) is 132 Å². The zero-order valence-corrected chi connectivity index (χ0v) is 41.2. The number of esters is 1. The van der Waals surface area contributed by atoms with Gasteiger partial charge in [-0.25, -0.2) is 4.79 Å². The highest BCUT2D eigenvalue weighted by Crippen LogP contribution is 2.39. The first kappa shape index (κ1) is 54.3. The van der Waals surface area contributed by atoms with Crippen molar-refractivity contribution in [2.24, 2.45) is 35.5 Å². The average Bonchev–Trinajstić information content (AvgIpc) is 3.28. The normalized spacial score (nSPS) is 39.1. The molecule has 1 amide bonds. The maximum absolute atomic E-state index is 14.4. The van der Waals surface area contributed by atoms with Gasteiger partial charge in [0.25, 0.3) is 11.7 Å². The monoisotopic (exact) mass is 912 g/mol. The van der Waals surface area contributed by atoms with Crippen LogP contribution >= 0.6 is 0 Å². The molecule has 1 aliphatic carbocycles. The fourth-order valence-electron chi connectivity index (χ4n) is 10.3. The Balaban J connectivity index is 1.70. The number of rotatable bonds is 6. The molecule has 0 radical (unpaired) electrons. The summed E-state index contributed by atoms with van der Waals surface area (Å²) in [7, 11) is 4.61. The van der Waals surface area contributed by atoms with E-state index in [9.17, 15) is 34.2 Å². The number of hydrogen-bond acceptors (Lipinski definition) is 12.